The Bertz CT molecular complexity index is 1380. The number of benzene rings is 2. The van der Waals surface area contributed by atoms with E-state index in [1.807, 2.05) is 37.3 Å². The van der Waals surface area contributed by atoms with Crippen LogP contribution in [0, 0.1) is 17.2 Å². The monoisotopic (exact) mass is 506 g/mol. The van der Waals surface area contributed by atoms with Gasteiger partial charge in [-0.15, -0.1) is 0 Å². The van der Waals surface area contributed by atoms with Crippen LogP contribution in [-0.4, -0.2) is 47.8 Å². The van der Waals surface area contributed by atoms with E-state index in [4.69, 9.17) is 5.73 Å². The number of nitrogens with two attached hydrogens (primary N) is 1. The molecule has 0 saturated carbocycles. The van der Waals surface area contributed by atoms with Crippen molar-refractivity contribution in [1.29, 1.82) is 5.26 Å². The normalized spacial score (nSPS) is 18.5. The Kier molecular flexibility index (Phi) is 7.54. The van der Waals surface area contributed by atoms with Gasteiger partial charge in [-0.25, -0.2) is 12.7 Å². The third-order valence-electron chi connectivity index (χ3n) is 6.64. The van der Waals surface area contributed by atoms with Crippen LogP contribution in [0.2, 0.25) is 0 Å². The van der Waals surface area contributed by atoms with E-state index in [-0.39, 0.29) is 17.7 Å². The molecule has 36 heavy (non-hydrogen) atoms. The molecule has 188 valence electrons. The quantitative estimate of drug-likeness (QED) is 0.503. The number of anilines is 1. The molecule has 2 aromatic carbocycles. The maximum Gasteiger partial charge on any atom is 0.280 e. The van der Waals surface area contributed by atoms with E-state index in [9.17, 15) is 18.5 Å². The molecule has 1 aliphatic rings. The minimum atomic E-state index is -3.31. The molecule has 9 nitrogen and oxygen atoms in total. The zero-order chi connectivity index (χ0) is 25.9. The number of sulfonamides is 1. The summed E-state index contributed by atoms with van der Waals surface area (Å²) in [6, 6.07) is 18.8. The molecular formula is C26H30N6O3S. The van der Waals surface area contributed by atoms with E-state index < -0.39 is 10.0 Å². The van der Waals surface area contributed by atoms with Gasteiger partial charge in [0.15, 0.2) is 5.82 Å². The van der Waals surface area contributed by atoms with Gasteiger partial charge in [-0.1, -0.05) is 49.4 Å². The largest absolute Gasteiger partial charge is 0.365 e. The minimum Gasteiger partial charge on any atom is -0.365 e. The number of nitriles is 1. The third kappa shape index (κ3) is 5.33. The van der Waals surface area contributed by atoms with Gasteiger partial charge in [0.05, 0.1) is 11.9 Å². The van der Waals surface area contributed by atoms with Crippen molar-refractivity contribution >= 4 is 21.7 Å². The predicted molar refractivity (Wildman–Crippen MR) is 138 cm³/mol. The molecule has 1 aromatic heterocycles. The SMILES string of the molecule is CC1CN(S(C)(=O)=O)CCC1c1nn(C(=O)c2ccccc2)c(NCc2ccc(CN)cc2)c1C#N. The van der Waals surface area contributed by atoms with Gasteiger partial charge >= 0.3 is 0 Å². The Hall–Kier alpha value is -3.52. The highest BCUT2D eigenvalue weighted by atomic mass is 32.2. The van der Waals surface area contributed by atoms with Gasteiger partial charge in [0.2, 0.25) is 10.0 Å². The lowest BCUT2D eigenvalue weighted by Gasteiger charge is -2.34. The first-order chi connectivity index (χ1) is 17.2. The summed E-state index contributed by atoms with van der Waals surface area (Å²) in [6.45, 7) is 3.46. The molecule has 2 unspecified atom stereocenters. The van der Waals surface area contributed by atoms with Crippen molar-refractivity contribution in [3.05, 3.63) is 82.5 Å². The van der Waals surface area contributed by atoms with Crippen LogP contribution in [0.1, 0.15) is 52.0 Å². The zero-order valence-corrected chi connectivity index (χ0v) is 21.2. The molecule has 0 amide bonds. The molecule has 0 radical (unpaired) electrons. The van der Waals surface area contributed by atoms with Crippen LogP contribution in [0.4, 0.5) is 5.82 Å². The summed E-state index contributed by atoms with van der Waals surface area (Å²) in [5.41, 5.74) is 8.94. The number of piperidine rings is 1. The number of aromatic nitrogens is 2. The molecule has 0 spiro atoms. The highest BCUT2D eigenvalue weighted by Gasteiger charge is 2.36. The van der Waals surface area contributed by atoms with E-state index in [0.29, 0.717) is 55.2 Å². The zero-order valence-electron chi connectivity index (χ0n) is 20.4. The van der Waals surface area contributed by atoms with Crippen molar-refractivity contribution in [2.24, 2.45) is 11.7 Å². The van der Waals surface area contributed by atoms with Gasteiger partial charge in [-0.2, -0.15) is 15.0 Å². The number of hydrogen-bond acceptors (Lipinski definition) is 7. The Morgan fingerprint density at radius 3 is 2.42 bits per heavy atom. The number of carbonyl (C=O) groups excluding carboxylic acids is 1. The molecular weight excluding hydrogens is 476 g/mol. The fourth-order valence-corrected chi connectivity index (χ4v) is 5.55. The number of rotatable bonds is 7. The second-order valence-corrected chi connectivity index (χ2v) is 11.2. The number of hydrogen-bond donors (Lipinski definition) is 2. The summed E-state index contributed by atoms with van der Waals surface area (Å²) >= 11 is 0. The fourth-order valence-electron chi connectivity index (χ4n) is 4.61. The van der Waals surface area contributed by atoms with E-state index in [1.54, 1.807) is 24.3 Å². The molecule has 1 aliphatic heterocycles. The highest BCUT2D eigenvalue weighted by Crippen LogP contribution is 2.37. The maximum absolute atomic E-state index is 13.4. The summed E-state index contributed by atoms with van der Waals surface area (Å²) in [5.74, 6) is -0.248. The fraction of sp³-hybridized carbons (Fsp3) is 0.346. The average molecular weight is 507 g/mol. The second-order valence-electron chi connectivity index (χ2n) is 9.17. The van der Waals surface area contributed by atoms with Gasteiger partial charge in [-0.3, -0.25) is 4.79 Å². The first-order valence-electron chi connectivity index (χ1n) is 11.8. The number of nitrogens with zero attached hydrogens (tertiary/aromatic N) is 4. The summed E-state index contributed by atoms with van der Waals surface area (Å²) in [5, 5.41) is 18.1. The van der Waals surface area contributed by atoms with E-state index in [0.717, 1.165) is 11.1 Å². The Morgan fingerprint density at radius 2 is 1.83 bits per heavy atom. The molecule has 0 aliphatic carbocycles. The van der Waals surface area contributed by atoms with Crippen molar-refractivity contribution in [3.8, 4) is 6.07 Å². The van der Waals surface area contributed by atoms with Gasteiger partial charge in [-0.05, 0) is 35.6 Å². The third-order valence-corrected chi connectivity index (χ3v) is 7.91. The average Bonchev–Trinajstić information content (AvgIpc) is 3.25. The standard InChI is InChI=1S/C26H30N6O3S/c1-18-17-31(36(2,34)35)13-12-22(18)24-23(15-28)25(29-16-20-10-8-19(14-27)9-11-20)32(30-24)26(33)21-6-4-3-5-7-21/h3-11,18,22,29H,12-14,16-17,27H2,1-2H3. The summed E-state index contributed by atoms with van der Waals surface area (Å²) < 4.78 is 26.8. The lowest BCUT2D eigenvalue weighted by molar-refractivity contribution is 0.0946. The van der Waals surface area contributed by atoms with E-state index in [1.165, 1.54) is 15.2 Å². The summed E-state index contributed by atoms with van der Waals surface area (Å²) in [6.07, 6.45) is 1.72. The first kappa shape index (κ1) is 25.6. The van der Waals surface area contributed by atoms with Crippen molar-refractivity contribution in [2.45, 2.75) is 32.4 Å². The molecule has 10 heteroatoms. The molecule has 3 aromatic rings. The van der Waals surface area contributed by atoms with Crippen molar-refractivity contribution < 1.29 is 13.2 Å². The second kappa shape index (κ2) is 10.6. The molecule has 2 atom stereocenters. The van der Waals surface area contributed by atoms with Crippen molar-refractivity contribution in [1.82, 2.24) is 14.1 Å². The summed E-state index contributed by atoms with van der Waals surface area (Å²) in [4.78, 5) is 13.4. The highest BCUT2D eigenvalue weighted by molar-refractivity contribution is 7.88. The van der Waals surface area contributed by atoms with Crippen LogP contribution in [0.15, 0.2) is 54.6 Å². The van der Waals surface area contributed by atoms with Crippen LogP contribution < -0.4 is 11.1 Å². The Balaban J connectivity index is 1.71. The van der Waals surface area contributed by atoms with Crippen molar-refractivity contribution in [3.63, 3.8) is 0 Å². The molecule has 4 rings (SSSR count). The smallest absolute Gasteiger partial charge is 0.280 e. The van der Waals surface area contributed by atoms with E-state index in [2.05, 4.69) is 16.5 Å². The predicted octanol–water partition coefficient (Wildman–Crippen LogP) is 2.90. The molecule has 3 N–H and O–H groups in total. The van der Waals surface area contributed by atoms with Crippen LogP contribution in [0.3, 0.4) is 0 Å². The molecule has 1 saturated heterocycles. The van der Waals surface area contributed by atoms with Crippen molar-refractivity contribution in [2.75, 3.05) is 24.7 Å². The number of nitrogens with one attached hydrogen (secondary N) is 1. The van der Waals surface area contributed by atoms with Gasteiger partial charge in [0.1, 0.15) is 11.6 Å². The number of carbonyl (C=O) groups is 1. The lowest BCUT2D eigenvalue weighted by atomic mass is 9.84. The Morgan fingerprint density at radius 1 is 1.17 bits per heavy atom. The van der Waals surface area contributed by atoms with Crippen LogP contribution in [-0.2, 0) is 23.1 Å². The maximum atomic E-state index is 13.4. The Labute approximate surface area is 211 Å². The van der Waals surface area contributed by atoms with Gasteiger partial charge in [0, 0.05) is 37.7 Å². The van der Waals surface area contributed by atoms with Gasteiger partial charge in [0.25, 0.3) is 5.91 Å². The van der Waals surface area contributed by atoms with Gasteiger partial charge < -0.3 is 11.1 Å². The lowest BCUT2D eigenvalue weighted by Crippen LogP contribution is -2.41. The summed E-state index contributed by atoms with van der Waals surface area (Å²) in [7, 11) is -3.31. The minimum absolute atomic E-state index is 0.0765. The molecule has 0 bridgehead atoms. The van der Waals surface area contributed by atoms with Crippen LogP contribution in [0.25, 0.3) is 0 Å². The van der Waals surface area contributed by atoms with Crippen LogP contribution >= 0.6 is 0 Å². The molecule has 1 fully saturated rings. The first-order valence-corrected chi connectivity index (χ1v) is 13.7. The topological polar surface area (TPSA) is 134 Å². The molecule has 2 heterocycles. The van der Waals surface area contributed by atoms with Crippen LogP contribution in [0.5, 0.6) is 0 Å². The van der Waals surface area contributed by atoms with E-state index >= 15 is 0 Å².